The maximum Gasteiger partial charge on any atom is 0.472 e. The van der Waals surface area contributed by atoms with Crippen LogP contribution >= 0.6 is 15.6 Å². The number of hydrogen-bond acceptors (Lipinski definition) is 15. The van der Waals surface area contributed by atoms with Crippen molar-refractivity contribution in [3.8, 4) is 0 Å². The highest BCUT2D eigenvalue weighted by atomic mass is 31.2. The summed E-state index contributed by atoms with van der Waals surface area (Å²) in [6, 6.07) is 0. The molecule has 0 amide bonds. The van der Waals surface area contributed by atoms with Gasteiger partial charge in [0.2, 0.25) is 0 Å². The SMILES string of the molecule is CCCCCCCCCCCCCCCCCCCCCCC(=O)O[C@H](COC(=O)CCCCCCCCCCCCCCC(C)C)COP(=O)(O)OC[C@@H](O)COP(=O)(O)OC[C@@H](COC(=O)CCCCCCC)OC(=O)CCCCCCCCCCCCC(C)C. The molecule has 2 unspecified atom stereocenters. The van der Waals surface area contributed by atoms with Crippen LogP contribution in [-0.2, 0) is 65.4 Å². The topological polar surface area (TPSA) is 237 Å². The van der Waals surface area contributed by atoms with E-state index in [0.717, 1.165) is 108 Å². The summed E-state index contributed by atoms with van der Waals surface area (Å²) in [7, 11) is -9.90. The lowest BCUT2D eigenvalue weighted by Gasteiger charge is -2.21. The van der Waals surface area contributed by atoms with Gasteiger partial charge in [-0.2, -0.15) is 0 Å². The lowest BCUT2D eigenvalue weighted by atomic mass is 10.0. The van der Waals surface area contributed by atoms with Crippen LogP contribution in [0.2, 0.25) is 0 Å². The van der Waals surface area contributed by atoms with E-state index in [2.05, 4.69) is 41.5 Å². The summed E-state index contributed by atoms with van der Waals surface area (Å²) in [5.74, 6) is -0.596. The molecule has 0 fully saturated rings. The monoisotopic (exact) mass is 1370 g/mol. The minimum atomic E-state index is -4.95. The Morgan fingerprint density at radius 1 is 0.290 bits per heavy atom. The van der Waals surface area contributed by atoms with Crippen LogP contribution in [0.4, 0.5) is 0 Å². The lowest BCUT2D eigenvalue weighted by Crippen LogP contribution is -2.30. The summed E-state index contributed by atoms with van der Waals surface area (Å²) in [6.07, 6.45) is 53.2. The van der Waals surface area contributed by atoms with Gasteiger partial charge in [0.15, 0.2) is 12.2 Å². The molecule has 0 rings (SSSR count). The second kappa shape index (κ2) is 66.0. The lowest BCUT2D eigenvalue weighted by molar-refractivity contribution is -0.161. The van der Waals surface area contributed by atoms with Gasteiger partial charge in [-0.1, -0.05) is 330 Å². The van der Waals surface area contributed by atoms with Crippen molar-refractivity contribution in [1.29, 1.82) is 0 Å². The van der Waals surface area contributed by atoms with Crippen molar-refractivity contribution in [3.05, 3.63) is 0 Å². The number of phosphoric acid groups is 2. The fourth-order valence-corrected chi connectivity index (χ4v) is 12.9. The summed E-state index contributed by atoms with van der Waals surface area (Å²) in [5.41, 5.74) is 0. The summed E-state index contributed by atoms with van der Waals surface area (Å²) in [5, 5.41) is 10.6. The van der Waals surface area contributed by atoms with Crippen LogP contribution in [0.25, 0.3) is 0 Å². The molecule has 0 aromatic carbocycles. The van der Waals surface area contributed by atoms with Crippen LogP contribution in [0.5, 0.6) is 0 Å². The Kier molecular flexibility index (Phi) is 64.6. The van der Waals surface area contributed by atoms with Crippen molar-refractivity contribution in [1.82, 2.24) is 0 Å². The van der Waals surface area contributed by atoms with Crippen LogP contribution in [-0.4, -0.2) is 96.7 Å². The first-order valence-electron chi connectivity index (χ1n) is 38.5. The van der Waals surface area contributed by atoms with E-state index in [1.54, 1.807) is 0 Å². The number of carbonyl (C=O) groups is 4. The third kappa shape index (κ3) is 68.4. The molecule has 0 aromatic rings. The Labute approximate surface area is 568 Å². The van der Waals surface area contributed by atoms with Gasteiger partial charge >= 0.3 is 39.5 Å². The average molecular weight is 1370 g/mol. The average Bonchev–Trinajstić information content (AvgIpc) is 1.90. The molecule has 19 heteroatoms. The van der Waals surface area contributed by atoms with Gasteiger partial charge in [-0.05, 0) is 37.5 Å². The van der Waals surface area contributed by atoms with E-state index in [0.29, 0.717) is 25.7 Å². The number of unbranched alkanes of at least 4 members (excludes halogenated alkanes) is 43. The molecule has 0 saturated carbocycles. The van der Waals surface area contributed by atoms with Crippen molar-refractivity contribution in [2.45, 2.75) is 400 Å². The molecule has 0 spiro atoms. The first kappa shape index (κ1) is 91.1. The van der Waals surface area contributed by atoms with Gasteiger partial charge in [0.05, 0.1) is 26.4 Å². The van der Waals surface area contributed by atoms with Crippen molar-refractivity contribution in [2.75, 3.05) is 39.6 Å². The van der Waals surface area contributed by atoms with E-state index in [1.807, 2.05) is 0 Å². The second-order valence-corrected chi connectivity index (χ2v) is 30.5. The maximum atomic E-state index is 13.1. The van der Waals surface area contributed by atoms with Crippen molar-refractivity contribution in [2.24, 2.45) is 11.8 Å². The molecule has 0 aliphatic rings. The largest absolute Gasteiger partial charge is 0.472 e. The molecule has 0 saturated heterocycles. The molecule has 0 heterocycles. The molecule has 552 valence electrons. The molecule has 0 radical (unpaired) electrons. The molecule has 0 aromatic heterocycles. The van der Waals surface area contributed by atoms with Crippen LogP contribution < -0.4 is 0 Å². The molecule has 5 atom stereocenters. The zero-order valence-electron chi connectivity index (χ0n) is 60.6. The molecular weight excluding hydrogens is 1220 g/mol. The number of ether oxygens (including phenoxy) is 4. The quantitative estimate of drug-likeness (QED) is 0.0222. The first-order valence-corrected chi connectivity index (χ1v) is 41.5. The highest BCUT2D eigenvalue weighted by Gasteiger charge is 2.30. The number of esters is 4. The summed E-state index contributed by atoms with van der Waals surface area (Å²) < 4.78 is 68.2. The predicted molar refractivity (Wildman–Crippen MR) is 377 cm³/mol. The molecule has 0 aliphatic heterocycles. The van der Waals surface area contributed by atoms with Gasteiger partial charge < -0.3 is 33.8 Å². The van der Waals surface area contributed by atoms with Crippen molar-refractivity contribution >= 4 is 39.5 Å². The normalized spacial score (nSPS) is 14.1. The Morgan fingerprint density at radius 3 is 0.731 bits per heavy atom. The van der Waals surface area contributed by atoms with Gasteiger partial charge in [-0.15, -0.1) is 0 Å². The predicted octanol–water partition coefficient (Wildman–Crippen LogP) is 21.6. The Bertz CT molecular complexity index is 1800. The summed E-state index contributed by atoms with van der Waals surface area (Å²) in [4.78, 5) is 72.4. The maximum absolute atomic E-state index is 13.1. The molecule has 93 heavy (non-hydrogen) atoms. The molecule has 3 N–H and O–H groups in total. The fraction of sp³-hybridized carbons (Fsp3) is 0.946. The van der Waals surface area contributed by atoms with Gasteiger partial charge in [0.1, 0.15) is 19.3 Å². The first-order chi connectivity index (χ1) is 44.9. The Hall–Kier alpha value is -1.94. The van der Waals surface area contributed by atoms with Crippen molar-refractivity contribution in [3.63, 3.8) is 0 Å². The zero-order valence-corrected chi connectivity index (χ0v) is 62.3. The molecule has 0 bridgehead atoms. The number of hydrogen-bond donors (Lipinski definition) is 3. The summed E-state index contributed by atoms with van der Waals surface area (Å²) in [6.45, 7) is 9.49. The zero-order chi connectivity index (χ0) is 68.6. The number of rotatable bonds is 73. The van der Waals surface area contributed by atoms with Crippen LogP contribution in [0.3, 0.4) is 0 Å². The van der Waals surface area contributed by atoms with E-state index in [-0.39, 0.29) is 25.7 Å². The van der Waals surface area contributed by atoms with E-state index in [9.17, 15) is 43.2 Å². The molecule has 17 nitrogen and oxygen atoms in total. The van der Waals surface area contributed by atoms with Crippen LogP contribution in [0, 0.1) is 11.8 Å². The third-order valence-corrected chi connectivity index (χ3v) is 19.1. The highest BCUT2D eigenvalue weighted by Crippen LogP contribution is 2.45. The second-order valence-electron chi connectivity index (χ2n) is 27.6. The minimum absolute atomic E-state index is 0.105. The third-order valence-electron chi connectivity index (χ3n) is 17.2. The number of phosphoric ester groups is 2. The number of aliphatic hydroxyl groups is 1. The van der Waals surface area contributed by atoms with E-state index < -0.39 is 97.5 Å². The van der Waals surface area contributed by atoms with E-state index in [1.165, 1.54) is 193 Å². The Balaban J connectivity index is 5.13. The van der Waals surface area contributed by atoms with E-state index in [4.69, 9.17) is 37.0 Å². The fourth-order valence-electron chi connectivity index (χ4n) is 11.3. The highest BCUT2D eigenvalue weighted by molar-refractivity contribution is 7.47. The standard InChI is InChI=1S/C74H144O17P2/c1-7-9-11-13-14-15-16-17-18-19-20-21-22-23-24-29-35-40-46-52-58-74(79)91-70(63-85-72(77)57-51-45-39-34-28-26-25-27-32-37-43-48-54-66(3)4)65-89-93(82,83)87-61-68(75)60-86-92(80,81)88-64-69(62-84-71(76)56-50-42-12-10-8-2)90-73(78)59-53-47-41-36-31-30-33-38-44-49-55-67(5)6/h66-70,75H,7-65H2,1-6H3,(H,80,81)(H,82,83)/t68-,69+,70+/m0/s1. The number of aliphatic hydroxyl groups excluding tert-OH is 1. The van der Waals surface area contributed by atoms with Crippen LogP contribution in [0.1, 0.15) is 382 Å². The van der Waals surface area contributed by atoms with Crippen molar-refractivity contribution < 1.29 is 80.2 Å². The van der Waals surface area contributed by atoms with Gasteiger partial charge in [0, 0.05) is 25.7 Å². The van der Waals surface area contributed by atoms with Gasteiger partial charge in [-0.25, -0.2) is 9.13 Å². The van der Waals surface area contributed by atoms with E-state index >= 15 is 0 Å². The molecular formula is C74H144O17P2. The van der Waals surface area contributed by atoms with Gasteiger partial charge in [0.25, 0.3) is 0 Å². The molecule has 0 aliphatic carbocycles. The Morgan fingerprint density at radius 2 is 0.495 bits per heavy atom. The number of carbonyl (C=O) groups excluding carboxylic acids is 4. The van der Waals surface area contributed by atoms with Crippen LogP contribution in [0.15, 0.2) is 0 Å². The smallest absolute Gasteiger partial charge is 0.462 e. The van der Waals surface area contributed by atoms with Gasteiger partial charge in [-0.3, -0.25) is 37.3 Å². The summed E-state index contributed by atoms with van der Waals surface area (Å²) >= 11 is 0. The minimum Gasteiger partial charge on any atom is -0.462 e.